The molecule has 0 heterocycles. The average molecular weight is 354 g/mol. The predicted octanol–water partition coefficient (Wildman–Crippen LogP) is 6.90. The van der Waals surface area contributed by atoms with Crippen LogP contribution in [0.4, 0.5) is 0 Å². The average Bonchev–Trinajstić information content (AvgIpc) is 3.45. The SMILES string of the molecule is CCCC.CCCC(N)C(=O)C1CCC(C)CC1.CCCCC1CC1. The van der Waals surface area contributed by atoms with Gasteiger partial charge in [0.25, 0.3) is 0 Å². The topological polar surface area (TPSA) is 43.1 Å². The van der Waals surface area contributed by atoms with E-state index in [4.69, 9.17) is 5.73 Å². The van der Waals surface area contributed by atoms with E-state index in [-0.39, 0.29) is 12.0 Å². The first kappa shape index (κ1) is 24.6. The van der Waals surface area contributed by atoms with Gasteiger partial charge in [0.1, 0.15) is 0 Å². The van der Waals surface area contributed by atoms with Gasteiger partial charge in [-0.2, -0.15) is 0 Å². The lowest BCUT2D eigenvalue weighted by molar-refractivity contribution is -0.125. The maximum Gasteiger partial charge on any atom is 0.152 e. The van der Waals surface area contributed by atoms with Gasteiger partial charge in [-0.3, -0.25) is 4.79 Å². The van der Waals surface area contributed by atoms with Crippen molar-refractivity contribution >= 4 is 5.78 Å². The Morgan fingerprint density at radius 3 is 1.84 bits per heavy atom. The van der Waals surface area contributed by atoms with Gasteiger partial charge >= 0.3 is 0 Å². The lowest BCUT2D eigenvalue weighted by Crippen LogP contribution is -2.36. The monoisotopic (exact) mass is 353 g/mol. The fourth-order valence-electron chi connectivity index (χ4n) is 3.20. The third-order valence-electron chi connectivity index (χ3n) is 5.55. The van der Waals surface area contributed by atoms with Crippen LogP contribution in [0.5, 0.6) is 0 Å². The largest absolute Gasteiger partial charge is 0.321 e. The van der Waals surface area contributed by atoms with Crippen molar-refractivity contribution in [3.63, 3.8) is 0 Å². The summed E-state index contributed by atoms with van der Waals surface area (Å²) in [5, 5.41) is 0. The number of unbranched alkanes of at least 4 members (excludes halogenated alkanes) is 2. The van der Waals surface area contributed by atoms with Crippen LogP contribution in [-0.4, -0.2) is 11.8 Å². The third-order valence-corrected chi connectivity index (χ3v) is 5.55. The van der Waals surface area contributed by atoms with E-state index >= 15 is 0 Å². The molecule has 2 aliphatic rings. The van der Waals surface area contributed by atoms with E-state index in [1.54, 1.807) is 0 Å². The molecule has 2 heteroatoms. The first-order chi connectivity index (χ1) is 12.0. The van der Waals surface area contributed by atoms with E-state index in [1.165, 1.54) is 57.8 Å². The maximum absolute atomic E-state index is 11.9. The molecule has 0 aromatic rings. The standard InChI is InChI=1S/C12H23NO.C7H14.C4H10/c1-3-4-11(13)12(14)10-7-5-9(2)6-8-10;1-2-3-4-7-5-6-7;1-3-4-2/h9-11H,3-8,13H2,1-2H3;7H,2-6H2,1H3;3-4H2,1-2H3. The Morgan fingerprint density at radius 2 is 1.44 bits per heavy atom. The Bertz CT molecular complexity index is 301. The normalized spacial score (nSPS) is 23.6. The number of carbonyl (C=O) groups excluding carboxylic acids is 1. The molecule has 1 atom stereocenters. The second-order valence-corrected chi connectivity index (χ2v) is 8.34. The highest BCUT2D eigenvalue weighted by Crippen LogP contribution is 2.33. The molecule has 0 aromatic heterocycles. The lowest BCUT2D eigenvalue weighted by atomic mass is 9.79. The van der Waals surface area contributed by atoms with Crippen molar-refractivity contribution in [2.45, 2.75) is 124 Å². The highest BCUT2D eigenvalue weighted by Gasteiger charge is 2.27. The molecule has 2 nitrogen and oxygen atoms in total. The summed E-state index contributed by atoms with van der Waals surface area (Å²) in [6, 6.07) is -0.196. The zero-order valence-electron chi connectivity index (χ0n) is 18.0. The molecule has 1 unspecified atom stereocenters. The quantitative estimate of drug-likeness (QED) is 0.515. The van der Waals surface area contributed by atoms with Crippen molar-refractivity contribution in [1.82, 2.24) is 0 Å². The van der Waals surface area contributed by atoms with E-state index in [1.807, 2.05) is 0 Å². The second-order valence-electron chi connectivity index (χ2n) is 8.34. The molecular formula is C23H47NO. The van der Waals surface area contributed by atoms with Gasteiger partial charge in [0.15, 0.2) is 5.78 Å². The molecule has 2 N–H and O–H groups in total. The molecule has 0 aliphatic heterocycles. The van der Waals surface area contributed by atoms with Gasteiger partial charge in [-0.25, -0.2) is 0 Å². The summed E-state index contributed by atoms with van der Waals surface area (Å²) in [4.78, 5) is 11.9. The summed E-state index contributed by atoms with van der Waals surface area (Å²) in [5.41, 5.74) is 5.84. The number of hydrogen-bond acceptors (Lipinski definition) is 2. The van der Waals surface area contributed by atoms with E-state index in [0.717, 1.165) is 37.5 Å². The molecule has 2 fully saturated rings. The van der Waals surface area contributed by atoms with Gasteiger partial charge in [-0.05, 0) is 31.1 Å². The second kappa shape index (κ2) is 15.9. The number of Topliss-reactive ketones (excluding diaryl/α,β-unsaturated/α-hetero) is 1. The number of nitrogens with two attached hydrogens (primary N) is 1. The Labute approximate surface area is 158 Å². The third kappa shape index (κ3) is 13.5. The smallest absolute Gasteiger partial charge is 0.152 e. The van der Waals surface area contributed by atoms with Crippen LogP contribution in [0.15, 0.2) is 0 Å². The molecular weight excluding hydrogens is 306 g/mol. The van der Waals surface area contributed by atoms with Crippen molar-refractivity contribution in [3.8, 4) is 0 Å². The molecule has 25 heavy (non-hydrogen) atoms. The summed E-state index contributed by atoms with van der Waals surface area (Å²) in [6.45, 7) is 11.0. The number of rotatable bonds is 8. The van der Waals surface area contributed by atoms with Gasteiger partial charge in [-0.1, -0.05) is 98.8 Å². The van der Waals surface area contributed by atoms with Crippen LogP contribution in [0.3, 0.4) is 0 Å². The summed E-state index contributed by atoms with van der Waals surface area (Å²) in [6.07, 6.45) is 16.5. The number of carbonyl (C=O) groups is 1. The van der Waals surface area contributed by atoms with E-state index < -0.39 is 0 Å². The fraction of sp³-hybridized carbons (Fsp3) is 0.957. The van der Waals surface area contributed by atoms with Crippen LogP contribution in [0.1, 0.15) is 118 Å². The first-order valence-electron chi connectivity index (χ1n) is 11.3. The van der Waals surface area contributed by atoms with Crippen LogP contribution >= 0.6 is 0 Å². The summed E-state index contributed by atoms with van der Waals surface area (Å²) >= 11 is 0. The minimum absolute atomic E-state index is 0.196. The van der Waals surface area contributed by atoms with Crippen molar-refractivity contribution in [2.75, 3.05) is 0 Å². The summed E-state index contributed by atoms with van der Waals surface area (Å²) in [5.74, 6) is 2.55. The number of hydrogen-bond donors (Lipinski definition) is 1. The van der Waals surface area contributed by atoms with Crippen molar-refractivity contribution < 1.29 is 4.79 Å². The van der Waals surface area contributed by atoms with Gasteiger partial charge in [0.2, 0.25) is 0 Å². The zero-order valence-corrected chi connectivity index (χ0v) is 18.0. The van der Waals surface area contributed by atoms with Crippen molar-refractivity contribution in [1.29, 1.82) is 0 Å². The molecule has 150 valence electrons. The van der Waals surface area contributed by atoms with Crippen LogP contribution in [0.25, 0.3) is 0 Å². The Kier molecular flexibility index (Phi) is 15.6. The Balaban J connectivity index is 0.000000433. The molecule has 2 saturated carbocycles. The lowest BCUT2D eigenvalue weighted by Gasteiger charge is -2.26. The minimum Gasteiger partial charge on any atom is -0.321 e. The first-order valence-corrected chi connectivity index (χ1v) is 11.3. The molecule has 0 amide bonds. The Morgan fingerprint density at radius 1 is 0.880 bits per heavy atom. The summed E-state index contributed by atoms with van der Waals surface area (Å²) in [7, 11) is 0. The van der Waals surface area contributed by atoms with E-state index in [9.17, 15) is 4.79 Å². The van der Waals surface area contributed by atoms with E-state index in [2.05, 4.69) is 34.6 Å². The zero-order chi connectivity index (χ0) is 19.1. The molecule has 0 saturated heterocycles. The molecule has 0 spiro atoms. The van der Waals surface area contributed by atoms with E-state index in [0.29, 0.717) is 5.78 Å². The van der Waals surface area contributed by atoms with Crippen LogP contribution < -0.4 is 5.73 Å². The highest BCUT2D eigenvalue weighted by molar-refractivity contribution is 5.86. The van der Waals surface area contributed by atoms with Crippen LogP contribution in [-0.2, 0) is 4.79 Å². The maximum atomic E-state index is 11.9. The van der Waals surface area contributed by atoms with Crippen molar-refractivity contribution in [2.24, 2.45) is 23.5 Å². The predicted molar refractivity (Wildman–Crippen MR) is 112 cm³/mol. The fourth-order valence-corrected chi connectivity index (χ4v) is 3.20. The molecule has 0 bridgehead atoms. The van der Waals surface area contributed by atoms with Gasteiger partial charge in [0.05, 0.1) is 6.04 Å². The minimum atomic E-state index is -0.196. The van der Waals surface area contributed by atoms with Crippen LogP contribution in [0, 0.1) is 17.8 Å². The van der Waals surface area contributed by atoms with Gasteiger partial charge in [0, 0.05) is 5.92 Å². The molecule has 0 aromatic carbocycles. The van der Waals surface area contributed by atoms with Gasteiger partial charge < -0.3 is 5.73 Å². The molecule has 2 rings (SSSR count). The van der Waals surface area contributed by atoms with Crippen molar-refractivity contribution in [3.05, 3.63) is 0 Å². The van der Waals surface area contributed by atoms with Gasteiger partial charge in [-0.15, -0.1) is 0 Å². The summed E-state index contributed by atoms with van der Waals surface area (Å²) < 4.78 is 0. The van der Waals surface area contributed by atoms with Crippen LogP contribution in [0.2, 0.25) is 0 Å². The molecule has 0 radical (unpaired) electrons. The highest BCUT2D eigenvalue weighted by atomic mass is 16.1. The number of ketones is 1. The molecule has 2 aliphatic carbocycles. The Hall–Kier alpha value is -0.370.